The van der Waals surface area contributed by atoms with Crippen molar-refractivity contribution >= 4 is 35.3 Å². The van der Waals surface area contributed by atoms with Gasteiger partial charge < -0.3 is 14.7 Å². The number of ether oxygens (including phenoxy) is 1. The summed E-state index contributed by atoms with van der Waals surface area (Å²) in [7, 11) is 0. The first kappa shape index (κ1) is 25.4. The van der Waals surface area contributed by atoms with Crippen LogP contribution in [0, 0.1) is 5.92 Å². The van der Waals surface area contributed by atoms with Gasteiger partial charge in [-0.25, -0.2) is 14.6 Å². The number of carbonyl (C=O) groups excluding carboxylic acids is 2. The normalized spacial score (nSPS) is 17.6. The van der Waals surface area contributed by atoms with Crippen molar-refractivity contribution in [3.8, 4) is 11.1 Å². The number of carbonyl (C=O) groups is 3. The van der Waals surface area contributed by atoms with E-state index in [4.69, 9.17) is 4.74 Å². The maximum Gasteiger partial charge on any atom is 0.353 e. The maximum absolute atomic E-state index is 13.1. The largest absolute Gasteiger partial charge is 0.478 e. The Hall–Kier alpha value is -3.74. The molecule has 2 aliphatic heterocycles. The van der Waals surface area contributed by atoms with Crippen LogP contribution in [0.15, 0.2) is 53.0 Å². The zero-order chi connectivity index (χ0) is 26.0. The highest BCUT2D eigenvalue weighted by atomic mass is 16.6. The summed E-state index contributed by atoms with van der Waals surface area (Å²) in [5.74, 6) is -2.36. The van der Waals surface area contributed by atoms with Crippen LogP contribution in [0.3, 0.4) is 0 Å². The molecule has 1 N–H and O–H groups in total. The van der Waals surface area contributed by atoms with Gasteiger partial charge in [0, 0.05) is 35.7 Å². The van der Waals surface area contributed by atoms with Crippen molar-refractivity contribution in [1.29, 1.82) is 0 Å². The third kappa shape index (κ3) is 5.40. The molecule has 0 radical (unpaired) electrons. The molecule has 0 aromatic heterocycles. The first-order chi connectivity index (χ1) is 17.1. The Kier molecular flexibility index (Phi) is 7.11. The van der Waals surface area contributed by atoms with Crippen LogP contribution in [0.1, 0.15) is 62.9 Å². The van der Waals surface area contributed by atoms with Gasteiger partial charge in [-0.15, -0.1) is 0 Å². The molecule has 0 bridgehead atoms. The molecular weight excluding hydrogens is 456 g/mol. The topological polar surface area (TPSA) is 96.3 Å². The zero-order valence-corrected chi connectivity index (χ0v) is 21.2. The minimum atomic E-state index is -1.09. The first-order valence-corrected chi connectivity index (χ1v) is 12.4. The summed E-state index contributed by atoms with van der Waals surface area (Å²) in [6.45, 7) is 8.72. The summed E-state index contributed by atoms with van der Waals surface area (Å²) in [6, 6.07) is 13.0. The van der Waals surface area contributed by atoms with E-state index >= 15 is 0 Å². The number of amides is 1. The van der Waals surface area contributed by atoms with Gasteiger partial charge in [0.25, 0.3) is 5.91 Å². The maximum atomic E-state index is 13.1. The first-order valence-electron chi connectivity index (χ1n) is 12.4. The molecule has 188 valence electrons. The van der Waals surface area contributed by atoms with Gasteiger partial charge in [-0.2, -0.15) is 0 Å². The third-order valence-electron chi connectivity index (χ3n) is 6.41. The van der Waals surface area contributed by atoms with E-state index in [1.54, 1.807) is 26.8 Å². The smallest absolute Gasteiger partial charge is 0.353 e. The number of hydrogen-bond donors (Lipinski definition) is 1. The van der Waals surface area contributed by atoms with Crippen molar-refractivity contribution in [3.63, 3.8) is 0 Å². The molecule has 0 spiro atoms. The van der Waals surface area contributed by atoms with Crippen molar-refractivity contribution in [1.82, 2.24) is 4.90 Å². The van der Waals surface area contributed by atoms with Crippen molar-refractivity contribution in [2.45, 2.75) is 52.6 Å². The second-order valence-electron chi connectivity index (χ2n) is 10.2. The summed E-state index contributed by atoms with van der Waals surface area (Å²) in [6.07, 6.45) is 4.07. The highest BCUT2D eigenvalue weighted by Crippen LogP contribution is 2.35. The predicted molar refractivity (Wildman–Crippen MR) is 139 cm³/mol. The average Bonchev–Trinajstić information content (AvgIpc) is 3.31. The van der Waals surface area contributed by atoms with Gasteiger partial charge in [0.2, 0.25) is 0 Å². The Morgan fingerprint density at radius 1 is 1.03 bits per heavy atom. The van der Waals surface area contributed by atoms with Crippen LogP contribution >= 0.6 is 0 Å². The highest BCUT2D eigenvalue weighted by Gasteiger charge is 2.34. The Labute approximate surface area is 211 Å². The van der Waals surface area contributed by atoms with Crippen LogP contribution in [-0.4, -0.2) is 52.3 Å². The standard InChI is InChI=1S/C29H32N2O5/c1-5-22-23(27(33)34)16-21-13-12-20(17-24(21)30-25(22)28(35)36-29(2,3)4)18-8-10-19(11-9-18)26(32)31-14-6-7-15-31/h8-13,16-17,22H,5-7,14-15H2,1-4H3,(H,33,34). The van der Waals surface area contributed by atoms with E-state index < -0.39 is 23.5 Å². The van der Waals surface area contributed by atoms with E-state index in [-0.39, 0.29) is 17.2 Å². The number of rotatable bonds is 5. The molecular formula is C29H32N2O5. The molecule has 1 atom stereocenters. The van der Waals surface area contributed by atoms with E-state index in [2.05, 4.69) is 4.99 Å². The number of carboxylic acid groups (broad SMARTS) is 1. The number of hydrogen-bond acceptors (Lipinski definition) is 5. The van der Waals surface area contributed by atoms with Crippen molar-refractivity contribution < 1.29 is 24.2 Å². The Bertz CT molecular complexity index is 1250. The molecule has 0 saturated carbocycles. The van der Waals surface area contributed by atoms with E-state index in [9.17, 15) is 19.5 Å². The number of likely N-dealkylation sites (tertiary alicyclic amines) is 1. The molecule has 1 saturated heterocycles. The third-order valence-corrected chi connectivity index (χ3v) is 6.41. The van der Waals surface area contributed by atoms with Crippen LogP contribution in [-0.2, 0) is 14.3 Å². The molecule has 7 nitrogen and oxygen atoms in total. The molecule has 7 heteroatoms. The molecule has 2 aromatic rings. The summed E-state index contributed by atoms with van der Waals surface area (Å²) >= 11 is 0. The molecule has 1 unspecified atom stereocenters. The lowest BCUT2D eigenvalue weighted by Gasteiger charge is -2.23. The minimum Gasteiger partial charge on any atom is -0.478 e. The summed E-state index contributed by atoms with van der Waals surface area (Å²) in [5.41, 5.74) is 2.97. The Morgan fingerprint density at radius 2 is 1.67 bits per heavy atom. The van der Waals surface area contributed by atoms with Crippen molar-refractivity contribution in [2.24, 2.45) is 10.9 Å². The predicted octanol–water partition coefficient (Wildman–Crippen LogP) is 5.51. The van der Waals surface area contributed by atoms with Crippen LogP contribution in [0.4, 0.5) is 5.69 Å². The van der Waals surface area contributed by atoms with Crippen LogP contribution in [0.25, 0.3) is 17.2 Å². The van der Waals surface area contributed by atoms with E-state index in [0.717, 1.165) is 37.1 Å². The second-order valence-corrected chi connectivity index (χ2v) is 10.2. The molecule has 0 aliphatic carbocycles. The van der Waals surface area contributed by atoms with Crippen molar-refractivity contribution in [3.05, 3.63) is 59.2 Å². The SMILES string of the molecule is CCC1C(C(=O)O)=Cc2ccc(-c3ccc(C(=O)N4CCCC4)cc3)cc2N=C1C(=O)OC(C)(C)C. The number of nitrogens with zero attached hydrogens (tertiary/aromatic N) is 2. The Morgan fingerprint density at radius 3 is 2.25 bits per heavy atom. The summed E-state index contributed by atoms with van der Waals surface area (Å²) < 4.78 is 5.57. The van der Waals surface area contributed by atoms with E-state index in [0.29, 0.717) is 23.2 Å². The number of aliphatic imine (C=N–C) groups is 1. The number of aliphatic carboxylic acids is 1. The lowest BCUT2D eigenvalue weighted by atomic mass is 9.90. The van der Waals surface area contributed by atoms with Crippen molar-refractivity contribution in [2.75, 3.05) is 13.1 Å². The minimum absolute atomic E-state index is 0.0459. The molecule has 1 fully saturated rings. The number of carboxylic acids is 1. The Balaban J connectivity index is 1.72. The molecule has 2 aliphatic rings. The van der Waals surface area contributed by atoms with Gasteiger partial charge in [-0.3, -0.25) is 4.79 Å². The quantitative estimate of drug-likeness (QED) is 0.560. The van der Waals surface area contributed by atoms with Crippen LogP contribution in [0.2, 0.25) is 0 Å². The fourth-order valence-electron chi connectivity index (χ4n) is 4.62. The fourth-order valence-corrected chi connectivity index (χ4v) is 4.62. The highest BCUT2D eigenvalue weighted by molar-refractivity contribution is 6.39. The van der Waals surface area contributed by atoms with E-state index in [1.165, 1.54) is 0 Å². The van der Waals surface area contributed by atoms with Gasteiger partial charge >= 0.3 is 11.9 Å². The zero-order valence-electron chi connectivity index (χ0n) is 21.2. The number of fused-ring (bicyclic) bond motifs is 1. The van der Waals surface area contributed by atoms with Gasteiger partial charge in [-0.1, -0.05) is 31.2 Å². The summed E-state index contributed by atoms with van der Waals surface area (Å²) in [4.78, 5) is 44.4. The molecule has 1 amide bonds. The number of esters is 1. The van der Waals surface area contributed by atoms with Crippen LogP contribution < -0.4 is 0 Å². The second kappa shape index (κ2) is 10.1. The molecule has 2 aromatic carbocycles. The van der Waals surface area contributed by atoms with E-state index in [1.807, 2.05) is 54.3 Å². The number of benzene rings is 2. The van der Waals surface area contributed by atoms with Crippen LogP contribution in [0.5, 0.6) is 0 Å². The average molecular weight is 489 g/mol. The van der Waals surface area contributed by atoms with Gasteiger partial charge in [0.15, 0.2) is 0 Å². The lowest BCUT2D eigenvalue weighted by molar-refractivity contribution is -0.146. The fraction of sp³-hybridized carbons (Fsp3) is 0.379. The molecule has 36 heavy (non-hydrogen) atoms. The molecule has 2 heterocycles. The van der Waals surface area contributed by atoms with Gasteiger partial charge in [0.1, 0.15) is 11.3 Å². The molecule has 4 rings (SSSR count). The van der Waals surface area contributed by atoms with Gasteiger partial charge in [0.05, 0.1) is 5.69 Å². The van der Waals surface area contributed by atoms with Gasteiger partial charge in [-0.05, 0) is 75.4 Å². The monoisotopic (exact) mass is 488 g/mol. The summed E-state index contributed by atoms with van der Waals surface area (Å²) in [5, 5.41) is 9.90. The lowest BCUT2D eigenvalue weighted by Crippen LogP contribution is -2.34.